The second-order valence-corrected chi connectivity index (χ2v) is 5.30. The summed E-state index contributed by atoms with van der Waals surface area (Å²) in [7, 11) is 1.55. The van der Waals surface area contributed by atoms with Gasteiger partial charge < -0.3 is 4.90 Å². The van der Waals surface area contributed by atoms with Gasteiger partial charge in [-0.25, -0.2) is 8.78 Å². The second-order valence-electron chi connectivity index (χ2n) is 4.39. The maximum absolute atomic E-state index is 13.6. The molecule has 0 bridgehead atoms. The minimum atomic E-state index is -1.11. The molecule has 0 heterocycles. The van der Waals surface area contributed by atoms with Crippen LogP contribution >= 0.6 is 15.9 Å². The number of hydrogen-bond acceptors (Lipinski definition) is 1. The van der Waals surface area contributed by atoms with Crippen LogP contribution in [0.25, 0.3) is 0 Å². The predicted octanol–water partition coefficient (Wildman–Crippen LogP) is 4.00. The van der Waals surface area contributed by atoms with Crippen molar-refractivity contribution in [3.05, 3.63) is 69.7 Å². The van der Waals surface area contributed by atoms with Gasteiger partial charge in [-0.1, -0.05) is 34.1 Å². The molecule has 0 fully saturated rings. The lowest BCUT2D eigenvalue weighted by molar-refractivity contribution is 0.0779. The summed E-state index contributed by atoms with van der Waals surface area (Å²) in [6, 6.07) is 11.0. The van der Waals surface area contributed by atoms with Gasteiger partial charge in [-0.2, -0.15) is 0 Å². The van der Waals surface area contributed by atoms with Crippen LogP contribution in [0.3, 0.4) is 0 Å². The summed E-state index contributed by atoms with van der Waals surface area (Å²) in [5.41, 5.74) is 0.644. The molecule has 2 rings (SSSR count). The standard InChI is InChI=1S/C15H12BrF2NO/c1-19(9-10-5-7-11(16)8-6-10)15(20)12-3-2-4-13(17)14(12)18/h2-8H,9H2,1H3. The fourth-order valence-electron chi connectivity index (χ4n) is 1.81. The third kappa shape index (κ3) is 3.22. The third-order valence-electron chi connectivity index (χ3n) is 2.86. The van der Waals surface area contributed by atoms with E-state index in [0.717, 1.165) is 16.1 Å². The van der Waals surface area contributed by atoms with Crippen molar-refractivity contribution in [1.82, 2.24) is 4.90 Å². The molecule has 0 aliphatic rings. The van der Waals surface area contributed by atoms with E-state index in [1.807, 2.05) is 24.3 Å². The average Bonchev–Trinajstić information content (AvgIpc) is 2.43. The van der Waals surface area contributed by atoms with Crippen LogP contribution in [-0.2, 0) is 6.54 Å². The van der Waals surface area contributed by atoms with E-state index >= 15 is 0 Å². The number of nitrogens with zero attached hydrogens (tertiary/aromatic N) is 1. The first kappa shape index (κ1) is 14.7. The van der Waals surface area contributed by atoms with Crippen molar-refractivity contribution < 1.29 is 13.6 Å². The molecule has 0 unspecified atom stereocenters. The lowest BCUT2D eigenvalue weighted by Crippen LogP contribution is -2.27. The molecular formula is C15H12BrF2NO. The van der Waals surface area contributed by atoms with Gasteiger partial charge in [0.25, 0.3) is 5.91 Å². The molecule has 2 nitrogen and oxygen atoms in total. The second kappa shape index (κ2) is 6.13. The quantitative estimate of drug-likeness (QED) is 0.827. The molecule has 104 valence electrons. The van der Waals surface area contributed by atoms with Crippen LogP contribution < -0.4 is 0 Å². The van der Waals surface area contributed by atoms with Gasteiger partial charge in [-0.15, -0.1) is 0 Å². The molecule has 0 radical (unpaired) electrons. The van der Waals surface area contributed by atoms with E-state index in [2.05, 4.69) is 15.9 Å². The maximum atomic E-state index is 13.6. The fourth-order valence-corrected chi connectivity index (χ4v) is 2.07. The van der Waals surface area contributed by atoms with Crippen molar-refractivity contribution in [2.24, 2.45) is 0 Å². The van der Waals surface area contributed by atoms with Crippen molar-refractivity contribution in [2.45, 2.75) is 6.54 Å². The van der Waals surface area contributed by atoms with Crippen LogP contribution in [0.15, 0.2) is 46.9 Å². The zero-order chi connectivity index (χ0) is 14.7. The van der Waals surface area contributed by atoms with Gasteiger partial charge >= 0.3 is 0 Å². The Hall–Kier alpha value is -1.75. The van der Waals surface area contributed by atoms with E-state index in [0.29, 0.717) is 6.54 Å². The van der Waals surface area contributed by atoms with E-state index in [9.17, 15) is 13.6 Å². The summed E-state index contributed by atoms with van der Waals surface area (Å²) in [6.07, 6.45) is 0. The summed E-state index contributed by atoms with van der Waals surface area (Å²) in [6.45, 7) is 0.321. The van der Waals surface area contributed by atoms with E-state index < -0.39 is 17.5 Å². The highest BCUT2D eigenvalue weighted by atomic mass is 79.9. The Balaban J connectivity index is 2.16. The minimum Gasteiger partial charge on any atom is -0.337 e. The smallest absolute Gasteiger partial charge is 0.256 e. The fraction of sp³-hybridized carbons (Fsp3) is 0.133. The molecule has 5 heteroatoms. The van der Waals surface area contributed by atoms with Crippen LogP contribution in [0.1, 0.15) is 15.9 Å². The topological polar surface area (TPSA) is 20.3 Å². The van der Waals surface area contributed by atoms with Crippen LogP contribution in [0.2, 0.25) is 0 Å². The minimum absolute atomic E-state index is 0.260. The summed E-state index contributed by atoms with van der Waals surface area (Å²) >= 11 is 3.32. The Morgan fingerprint density at radius 2 is 1.80 bits per heavy atom. The molecule has 0 aromatic heterocycles. The van der Waals surface area contributed by atoms with Gasteiger partial charge in [0.1, 0.15) is 0 Å². The molecule has 0 N–H and O–H groups in total. The number of rotatable bonds is 3. The monoisotopic (exact) mass is 339 g/mol. The lowest BCUT2D eigenvalue weighted by Gasteiger charge is -2.17. The first-order valence-corrected chi connectivity index (χ1v) is 6.72. The molecule has 0 atom stereocenters. The molecule has 2 aromatic carbocycles. The number of halogens is 3. The number of benzene rings is 2. The third-order valence-corrected chi connectivity index (χ3v) is 3.39. The van der Waals surface area contributed by atoms with Crippen LogP contribution in [0.4, 0.5) is 8.78 Å². The summed E-state index contributed by atoms with van der Waals surface area (Å²) in [5, 5.41) is 0. The first-order chi connectivity index (χ1) is 9.49. The average molecular weight is 340 g/mol. The van der Waals surface area contributed by atoms with Crippen LogP contribution in [0.5, 0.6) is 0 Å². The Labute approximate surface area is 124 Å². The summed E-state index contributed by atoms with van der Waals surface area (Å²) < 4.78 is 27.6. The van der Waals surface area contributed by atoms with E-state index in [1.165, 1.54) is 17.0 Å². The molecule has 0 aliphatic carbocycles. The van der Waals surface area contributed by atoms with Crippen molar-refractivity contribution >= 4 is 21.8 Å². The van der Waals surface area contributed by atoms with Gasteiger partial charge in [-0.3, -0.25) is 4.79 Å². The molecule has 1 amide bonds. The molecule has 0 spiro atoms. The first-order valence-electron chi connectivity index (χ1n) is 5.93. The van der Waals surface area contributed by atoms with E-state index in [4.69, 9.17) is 0 Å². The molecule has 0 saturated carbocycles. The van der Waals surface area contributed by atoms with Crippen molar-refractivity contribution in [3.8, 4) is 0 Å². The van der Waals surface area contributed by atoms with E-state index in [1.54, 1.807) is 7.05 Å². The van der Waals surface area contributed by atoms with Crippen molar-refractivity contribution in [3.63, 3.8) is 0 Å². The largest absolute Gasteiger partial charge is 0.337 e. The van der Waals surface area contributed by atoms with Crippen molar-refractivity contribution in [2.75, 3.05) is 7.05 Å². The number of carbonyl (C=O) groups is 1. The Bertz CT molecular complexity index is 628. The van der Waals surface area contributed by atoms with Gasteiger partial charge in [-0.05, 0) is 29.8 Å². The lowest BCUT2D eigenvalue weighted by atomic mass is 10.1. The van der Waals surface area contributed by atoms with Gasteiger partial charge in [0.2, 0.25) is 0 Å². The molecule has 0 saturated heterocycles. The highest BCUT2D eigenvalue weighted by Crippen LogP contribution is 2.16. The zero-order valence-electron chi connectivity index (χ0n) is 10.7. The highest BCUT2D eigenvalue weighted by Gasteiger charge is 2.18. The Morgan fingerprint density at radius 1 is 1.15 bits per heavy atom. The molecule has 0 aliphatic heterocycles. The van der Waals surface area contributed by atoms with Gasteiger partial charge in [0, 0.05) is 18.1 Å². The maximum Gasteiger partial charge on any atom is 0.256 e. The van der Waals surface area contributed by atoms with Crippen LogP contribution in [-0.4, -0.2) is 17.9 Å². The normalized spacial score (nSPS) is 10.4. The molecule has 2 aromatic rings. The Kier molecular flexibility index (Phi) is 4.49. The van der Waals surface area contributed by atoms with Gasteiger partial charge in [0.15, 0.2) is 11.6 Å². The van der Waals surface area contributed by atoms with Crippen LogP contribution in [0, 0.1) is 11.6 Å². The summed E-state index contributed by atoms with van der Waals surface area (Å²) in [5.74, 6) is -2.68. The van der Waals surface area contributed by atoms with Crippen molar-refractivity contribution in [1.29, 1.82) is 0 Å². The molecule has 20 heavy (non-hydrogen) atoms. The van der Waals surface area contributed by atoms with Gasteiger partial charge in [0.05, 0.1) is 5.56 Å². The predicted molar refractivity (Wildman–Crippen MR) is 76.3 cm³/mol. The summed E-state index contributed by atoms with van der Waals surface area (Å²) in [4.78, 5) is 13.4. The number of hydrogen-bond donors (Lipinski definition) is 0. The SMILES string of the molecule is CN(Cc1ccc(Br)cc1)C(=O)c1cccc(F)c1F. The Morgan fingerprint density at radius 3 is 2.45 bits per heavy atom. The zero-order valence-corrected chi connectivity index (χ0v) is 12.3. The highest BCUT2D eigenvalue weighted by molar-refractivity contribution is 9.10. The molecular weight excluding hydrogens is 328 g/mol. The van der Waals surface area contributed by atoms with E-state index in [-0.39, 0.29) is 5.56 Å². The number of amides is 1. The number of carbonyl (C=O) groups excluding carboxylic acids is 1.